The number of nitrogens with zero attached hydrogens (tertiary/aromatic N) is 1. The summed E-state index contributed by atoms with van der Waals surface area (Å²) in [7, 11) is 0. The average Bonchev–Trinajstić information content (AvgIpc) is 2.77. The number of nitriles is 1. The van der Waals surface area contributed by atoms with E-state index in [4.69, 9.17) is 4.74 Å². The molecule has 0 aliphatic heterocycles. The van der Waals surface area contributed by atoms with E-state index in [1.807, 2.05) is 20.8 Å². The normalized spacial score (nSPS) is 25.7. The minimum Gasteiger partial charge on any atom is -0.487 e. The molecule has 108 valence electrons. The Balaban J connectivity index is 2.06. The maximum absolute atomic E-state index is 13.7. The third kappa shape index (κ3) is 3.29. The zero-order valence-corrected chi connectivity index (χ0v) is 12.2. The van der Waals surface area contributed by atoms with Crippen molar-refractivity contribution in [3.8, 4) is 11.8 Å². The standard InChI is InChI=1S/C16H21FN2O/c1-11(2)19-16(10-18)7-6-13(9-16)20-15-8-12(3)4-5-14(15)17/h4-5,8,11,13,19H,6-7,9H2,1-3H3. The Hall–Kier alpha value is -1.60. The molecule has 0 bridgehead atoms. The summed E-state index contributed by atoms with van der Waals surface area (Å²) in [6.45, 7) is 5.95. The molecule has 1 aromatic carbocycles. The van der Waals surface area contributed by atoms with Crippen LogP contribution in [-0.4, -0.2) is 17.7 Å². The highest BCUT2D eigenvalue weighted by atomic mass is 19.1. The molecule has 1 aliphatic rings. The van der Waals surface area contributed by atoms with E-state index in [9.17, 15) is 9.65 Å². The van der Waals surface area contributed by atoms with Crippen molar-refractivity contribution in [1.29, 1.82) is 5.26 Å². The van der Waals surface area contributed by atoms with Crippen molar-refractivity contribution in [3.63, 3.8) is 0 Å². The van der Waals surface area contributed by atoms with Gasteiger partial charge < -0.3 is 4.74 Å². The first-order valence-corrected chi connectivity index (χ1v) is 7.06. The molecule has 20 heavy (non-hydrogen) atoms. The summed E-state index contributed by atoms with van der Waals surface area (Å²) >= 11 is 0. The number of halogens is 1. The van der Waals surface area contributed by atoms with E-state index in [1.54, 1.807) is 12.1 Å². The first-order valence-electron chi connectivity index (χ1n) is 7.06. The van der Waals surface area contributed by atoms with E-state index in [0.29, 0.717) is 6.42 Å². The number of rotatable bonds is 4. The quantitative estimate of drug-likeness (QED) is 0.917. The van der Waals surface area contributed by atoms with Gasteiger partial charge in [0.05, 0.1) is 6.07 Å². The van der Waals surface area contributed by atoms with Crippen LogP contribution in [0.5, 0.6) is 5.75 Å². The van der Waals surface area contributed by atoms with E-state index in [1.165, 1.54) is 6.07 Å². The Morgan fingerprint density at radius 1 is 1.50 bits per heavy atom. The Kier molecular flexibility index (Phi) is 4.29. The topological polar surface area (TPSA) is 45.0 Å². The van der Waals surface area contributed by atoms with Crippen LogP contribution in [0.1, 0.15) is 38.7 Å². The lowest BCUT2D eigenvalue weighted by molar-refractivity contribution is 0.191. The van der Waals surface area contributed by atoms with Gasteiger partial charge in [-0.1, -0.05) is 6.07 Å². The van der Waals surface area contributed by atoms with Crippen LogP contribution in [0, 0.1) is 24.1 Å². The second kappa shape index (κ2) is 5.80. The van der Waals surface area contributed by atoms with E-state index in [0.717, 1.165) is 18.4 Å². The Labute approximate surface area is 119 Å². The first kappa shape index (κ1) is 14.8. The van der Waals surface area contributed by atoms with Gasteiger partial charge in [0.25, 0.3) is 0 Å². The van der Waals surface area contributed by atoms with Gasteiger partial charge in [-0.25, -0.2) is 4.39 Å². The van der Waals surface area contributed by atoms with Crippen molar-refractivity contribution in [2.24, 2.45) is 0 Å². The van der Waals surface area contributed by atoms with E-state index in [-0.39, 0.29) is 23.7 Å². The predicted octanol–water partition coefficient (Wildman–Crippen LogP) is 3.33. The smallest absolute Gasteiger partial charge is 0.165 e. The maximum Gasteiger partial charge on any atom is 0.165 e. The van der Waals surface area contributed by atoms with Crippen LogP contribution < -0.4 is 10.1 Å². The van der Waals surface area contributed by atoms with Crippen molar-refractivity contribution in [2.45, 2.75) is 57.7 Å². The number of benzene rings is 1. The maximum atomic E-state index is 13.7. The fraction of sp³-hybridized carbons (Fsp3) is 0.562. The highest BCUT2D eigenvalue weighted by molar-refractivity contribution is 5.30. The summed E-state index contributed by atoms with van der Waals surface area (Å²) in [6, 6.07) is 7.45. The minimum atomic E-state index is -0.543. The van der Waals surface area contributed by atoms with Crippen LogP contribution in [0.4, 0.5) is 4.39 Å². The largest absolute Gasteiger partial charge is 0.487 e. The van der Waals surface area contributed by atoms with Gasteiger partial charge in [0.15, 0.2) is 11.6 Å². The number of hydrogen-bond donors (Lipinski definition) is 1. The van der Waals surface area contributed by atoms with Crippen LogP contribution in [0.25, 0.3) is 0 Å². The van der Waals surface area contributed by atoms with Crippen molar-refractivity contribution >= 4 is 0 Å². The third-order valence-electron chi connectivity index (χ3n) is 3.63. The van der Waals surface area contributed by atoms with Crippen molar-refractivity contribution in [1.82, 2.24) is 5.32 Å². The fourth-order valence-electron chi connectivity index (χ4n) is 2.80. The molecule has 0 spiro atoms. The average molecular weight is 276 g/mol. The van der Waals surface area contributed by atoms with Gasteiger partial charge in [-0.2, -0.15) is 5.26 Å². The molecule has 4 heteroatoms. The molecule has 1 fully saturated rings. The van der Waals surface area contributed by atoms with Crippen LogP contribution in [0.3, 0.4) is 0 Å². The van der Waals surface area contributed by atoms with E-state index >= 15 is 0 Å². The molecular formula is C16H21FN2O. The molecule has 0 saturated heterocycles. The van der Waals surface area contributed by atoms with Gasteiger partial charge in [0, 0.05) is 12.5 Å². The van der Waals surface area contributed by atoms with Gasteiger partial charge >= 0.3 is 0 Å². The summed E-state index contributed by atoms with van der Waals surface area (Å²) in [6.07, 6.45) is 1.98. The Morgan fingerprint density at radius 3 is 2.90 bits per heavy atom. The Bertz CT molecular complexity index is 524. The number of ether oxygens (including phenoxy) is 1. The fourth-order valence-corrected chi connectivity index (χ4v) is 2.80. The summed E-state index contributed by atoms with van der Waals surface area (Å²) in [5.74, 6) is -0.0600. The lowest BCUT2D eigenvalue weighted by atomic mass is 9.98. The van der Waals surface area contributed by atoms with Crippen LogP contribution in [-0.2, 0) is 0 Å². The summed E-state index contributed by atoms with van der Waals surface area (Å²) in [4.78, 5) is 0. The molecule has 3 nitrogen and oxygen atoms in total. The highest BCUT2D eigenvalue weighted by Crippen LogP contribution is 2.33. The molecule has 2 atom stereocenters. The van der Waals surface area contributed by atoms with Gasteiger partial charge in [-0.15, -0.1) is 0 Å². The molecule has 0 amide bonds. The summed E-state index contributed by atoms with van der Waals surface area (Å²) in [5, 5.41) is 12.7. The SMILES string of the molecule is Cc1ccc(F)c(OC2CCC(C#N)(NC(C)C)C2)c1. The number of nitrogens with one attached hydrogen (secondary N) is 1. The van der Waals surface area contributed by atoms with Gasteiger partial charge in [-0.3, -0.25) is 5.32 Å². The van der Waals surface area contributed by atoms with Gasteiger partial charge in [0.2, 0.25) is 0 Å². The van der Waals surface area contributed by atoms with Crippen LogP contribution in [0.15, 0.2) is 18.2 Å². The van der Waals surface area contributed by atoms with Crippen molar-refractivity contribution in [3.05, 3.63) is 29.6 Å². The zero-order valence-electron chi connectivity index (χ0n) is 12.2. The molecule has 0 aromatic heterocycles. The molecule has 1 aliphatic carbocycles. The summed E-state index contributed by atoms with van der Waals surface area (Å²) < 4.78 is 19.5. The predicted molar refractivity (Wildman–Crippen MR) is 76.0 cm³/mol. The van der Waals surface area contributed by atoms with Crippen LogP contribution >= 0.6 is 0 Å². The molecule has 0 radical (unpaired) electrons. The lowest BCUT2D eigenvalue weighted by Crippen LogP contribution is -2.46. The molecule has 1 saturated carbocycles. The molecule has 1 aromatic rings. The second-order valence-electron chi connectivity index (χ2n) is 5.91. The number of aryl methyl sites for hydroxylation is 1. The molecular weight excluding hydrogens is 255 g/mol. The summed E-state index contributed by atoms with van der Waals surface area (Å²) in [5.41, 5.74) is 0.422. The van der Waals surface area contributed by atoms with Crippen molar-refractivity contribution < 1.29 is 9.13 Å². The molecule has 1 N–H and O–H groups in total. The van der Waals surface area contributed by atoms with E-state index in [2.05, 4.69) is 11.4 Å². The number of hydrogen-bond acceptors (Lipinski definition) is 3. The van der Waals surface area contributed by atoms with Gasteiger partial charge in [-0.05, 0) is 51.3 Å². The van der Waals surface area contributed by atoms with Gasteiger partial charge in [0.1, 0.15) is 11.6 Å². The first-order chi connectivity index (χ1) is 9.44. The zero-order chi connectivity index (χ0) is 14.8. The van der Waals surface area contributed by atoms with E-state index < -0.39 is 5.54 Å². The van der Waals surface area contributed by atoms with Crippen molar-refractivity contribution in [2.75, 3.05) is 0 Å². The monoisotopic (exact) mass is 276 g/mol. The second-order valence-corrected chi connectivity index (χ2v) is 5.91. The highest BCUT2D eigenvalue weighted by Gasteiger charge is 2.41. The molecule has 2 rings (SSSR count). The molecule has 2 unspecified atom stereocenters. The molecule has 0 heterocycles. The lowest BCUT2D eigenvalue weighted by Gasteiger charge is -2.25. The Morgan fingerprint density at radius 2 is 2.25 bits per heavy atom. The minimum absolute atomic E-state index is 0.114. The third-order valence-corrected chi connectivity index (χ3v) is 3.63. The van der Waals surface area contributed by atoms with Crippen LogP contribution in [0.2, 0.25) is 0 Å².